The Bertz CT molecular complexity index is 915. The highest BCUT2D eigenvalue weighted by molar-refractivity contribution is 5.95. The van der Waals surface area contributed by atoms with Crippen LogP contribution in [0.2, 0.25) is 0 Å². The highest BCUT2D eigenvalue weighted by Gasteiger charge is 2.14. The maximum absolute atomic E-state index is 14.0. The van der Waals surface area contributed by atoms with Gasteiger partial charge in [-0.05, 0) is 42.1 Å². The first-order valence-corrected chi connectivity index (χ1v) is 6.24. The van der Waals surface area contributed by atoms with Crippen LogP contribution in [-0.4, -0.2) is 4.98 Å². The van der Waals surface area contributed by atoms with Gasteiger partial charge in [-0.25, -0.2) is 13.2 Å². The fourth-order valence-corrected chi connectivity index (χ4v) is 2.32. The SMILES string of the molecule is Cc1cc(-c2c[nH]c(=O)c3ccc(F)cc23)c(F)cc1F. The molecule has 3 aromatic rings. The van der Waals surface area contributed by atoms with Crippen LogP contribution in [0.15, 0.2) is 41.3 Å². The predicted molar refractivity (Wildman–Crippen MR) is 74.6 cm³/mol. The van der Waals surface area contributed by atoms with Crippen LogP contribution in [0.25, 0.3) is 21.9 Å². The Kier molecular flexibility index (Phi) is 3.05. The van der Waals surface area contributed by atoms with Crippen molar-refractivity contribution in [2.24, 2.45) is 0 Å². The zero-order chi connectivity index (χ0) is 15.1. The summed E-state index contributed by atoms with van der Waals surface area (Å²) < 4.78 is 40.8. The van der Waals surface area contributed by atoms with E-state index in [0.717, 1.165) is 18.2 Å². The van der Waals surface area contributed by atoms with Crippen molar-refractivity contribution >= 4 is 10.8 Å². The lowest BCUT2D eigenvalue weighted by molar-refractivity contribution is 0.579. The lowest BCUT2D eigenvalue weighted by Gasteiger charge is -2.09. The molecule has 0 saturated heterocycles. The highest BCUT2D eigenvalue weighted by Crippen LogP contribution is 2.30. The molecule has 2 nitrogen and oxygen atoms in total. The summed E-state index contributed by atoms with van der Waals surface area (Å²) in [4.78, 5) is 14.2. The molecule has 106 valence electrons. The number of hydrogen-bond acceptors (Lipinski definition) is 1. The number of halogens is 3. The molecule has 0 amide bonds. The normalized spacial score (nSPS) is 11.0. The van der Waals surface area contributed by atoms with Gasteiger partial charge in [-0.1, -0.05) is 0 Å². The standard InChI is InChI=1S/C16H10F3NO/c1-8-4-12(15(19)6-14(8)18)13-7-20-16(21)10-3-2-9(17)5-11(10)13/h2-7H,1H3,(H,20,21). The summed E-state index contributed by atoms with van der Waals surface area (Å²) in [5.74, 6) is -1.96. The summed E-state index contributed by atoms with van der Waals surface area (Å²) in [6, 6.07) is 5.77. The van der Waals surface area contributed by atoms with Gasteiger partial charge in [0, 0.05) is 28.8 Å². The molecule has 0 aliphatic carbocycles. The third-order valence-electron chi connectivity index (χ3n) is 3.40. The summed E-state index contributed by atoms with van der Waals surface area (Å²) >= 11 is 0. The first kappa shape index (κ1) is 13.4. The van der Waals surface area contributed by atoms with Crippen molar-refractivity contribution in [3.8, 4) is 11.1 Å². The maximum atomic E-state index is 14.0. The van der Waals surface area contributed by atoms with Crippen LogP contribution in [0.5, 0.6) is 0 Å². The second kappa shape index (κ2) is 4.77. The minimum Gasteiger partial charge on any atom is -0.328 e. The van der Waals surface area contributed by atoms with E-state index in [4.69, 9.17) is 0 Å². The van der Waals surface area contributed by atoms with Gasteiger partial charge in [0.25, 0.3) is 5.56 Å². The van der Waals surface area contributed by atoms with Crippen LogP contribution >= 0.6 is 0 Å². The van der Waals surface area contributed by atoms with Crippen molar-refractivity contribution in [2.45, 2.75) is 6.92 Å². The number of aryl methyl sites for hydroxylation is 1. The smallest absolute Gasteiger partial charge is 0.255 e. The van der Waals surface area contributed by atoms with Gasteiger partial charge in [0.05, 0.1) is 0 Å². The van der Waals surface area contributed by atoms with Gasteiger partial charge in [0.2, 0.25) is 0 Å². The molecule has 1 aromatic heterocycles. The Morgan fingerprint density at radius 2 is 1.67 bits per heavy atom. The Hall–Kier alpha value is -2.56. The number of nitrogens with one attached hydrogen (secondary N) is 1. The fourth-order valence-electron chi connectivity index (χ4n) is 2.32. The number of aromatic nitrogens is 1. The largest absolute Gasteiger partial charge is 0.328 e. The number of fused-ring (bicyclic) bond motifs is 1. The van der Waals surface area contributed by atoms with Crippen LogP contribution in [-0.2, 0) is 0 Å². The quantitative estimate of drug-likeness (QED) is 0.723. The summed E-state index contributed by atoms with van der Waals surface area (Å²) in [5.41, 5.74) is 0.292. The Balaban J connectivity index is 2.41. The molecule has 1 N–H and O–H groups in total. The van der Waals surface area contributed by atoms with Crippen LogP contribution in [0.3, 0.4) is 0 Å². The maximum Gasteiger partial charge on any atom is 0.255 e. The molecule has 0 spiro atoms. The molecule has 0 aliphatic rings. The first-order chi connectivity index (χ1) is 9.97. The molecule has 5 heteroatoms. The third-order valence-corrected chi connectivity index (χ3v) is 3.40. The van der Waals surface area contributed by atoms with E-state index in [1.807, 2.05) is 0 Å². The Morgan fingerprint density at radius 3 is 2.43 bits per heavy atom. The molecule has 21 heavy (non-hydrogen) atoms. The molecule has 0 radical (unpaired) electrons. The van der Waals surface area contributed by atoms with E-state index in [2.05, 4.69) is 4.98 Å². The summed E-state index contributed by atoms with van der Waals surface area (Å²) in [6.07, 6.45) is 1.31. The fraction of sp³-hybridized carbons (Fsp3) is 0.0625. The predicted octanol–water partition coefficient (Wildman–Crippen LogP) is 3.92. The van der Waals surface area contributed by atoms with E-state index >= 15 is 0 Å². The van der Waals surface area contributed by atoms with Crippen molar-refractivity contribution in [3.05, 3.63) is 69.9 Å². The van der Waals surface area contributed by atoms with Crippen LogP contribution in [0.4, 0.5) is 13.2 Å². The lowest BCUT2D eigenvalue weighted by Crippen LogP contribution is -2.06. The van der Waals surface area contributed by atoms with E-state index < -0.39 is 23.0 Å². The van der Waals surface area contributed by atoms with Crippen LogP contribution in [0, 0.1) is 24.4 Å². The van der Waals surface area contributed by atoms with E-state index in [1.165, 1.54) is 25.3 Å². The topological polar surface area (TPSA) is 32.9 Å². The monoisotopic (exact) mass is 289 g/mol. The Labute approximate surface area is 117 Å². The van der Waals surface area contributed by atoms with E-state index in [9.17, 15) is 18.0 Å². The van der Waals surface area contributed by atoms with Crippen molar-refractivity contribution < 1.29 is 13.2 Å². The minimum atomic E-state index is -0.768. The molecule has 0 saturated carbocycles. The molecule has 3 rings (SSSR count). The number of pyridine rings is 1. The second-order valence-electron chi connectivity index (χ2n) is 4.80. The van der Waals surface area contributed by atoms with E-state index in [-0.39, 0.29) is 21.9 Å². The third kappa shape index (κ3) is 2.20. The lowest BCUT2D eigenvalue weighted by atomic mass is 9.98. The molecule has 1 heterocycles. The summed E-state index contributed by atoms with van der Waals surface area (Å²) in [6.45, 7) is 1.51. The molecule has 0 unspecified atom stereocenters. The zero-order valence-electron chi connectivity index (χ0n) is 11.0. The van der Waals surface area contributed by atoms with E-state index in [0.29, 0.717) is 5.56 Å². The molecular formula is C16H10F3NO. The molecule has 0 bridgehead atoms. The van der Waals surface area contributed by atoms with Crippen molar-refractivity contribution in [1.82, 2.24) is 4.98 Å². The minimum absolute atomic E-state index is 0.112. The molecule has 0 atom stereocenters. The summed E-state index contributed by atoms with van der Waals surface area (Å²) in [5, 5.41) is 0.527. The van der Waals surface area contributed by atoms with Gasteiger partial charge in [-0.3, -0.25) is 4.79 Å². The van der Waals surface area contributed by atoms with Crippen molar-refractivity contribution in [1.29, 1.82) is 0 Å². The van der Waals surface area contributed by atoms with Gasteiger partial charge in [0.1, 0.15) is 17.5 Å². The average Bonchev–Trinajstić information content (AvgIpc) is 2.44. The van der Waals surface area contributed by atoms with Gasteiger partial charge in [-0.2, -0.15) is 0 Å². The highest BCUT2D eigenvalue weighted by atomic mass is 19.1. The second-order valence-corrected chi connectivity index (χ2v) is 4.80. The number of rotatable bonds is 1. The molecule has 0 fully saturated rings. The molecule has 2 aromatic carbocycles. The number of hydrogen-bond donors (Lipinski definition) is 1. The van der Waals surface area contributed by atoms with Crippen LogP contribution in [0.1, 0.15) is 5.56 Å². The van der Waals surface area contributed by atoms with Gasteiger partial charge >= 0.3 is 0 Å². The van der Waals surface area contributed by atoms with Gasteiger partial charge in [-0.15, -0.1) is 0 Å². The summed E-state index contributed by atoms with van der Waals surface area (Å²) in [7, 11) is 0. The molecular weight excluding hydrogens is 279 g/mol. The number of H-pyrrole nitrogens is 1. The van der Waals surface area contributed by atoms with Crippen LogP contribution < -0.4 is 5.56 Å². The van der Waals surface area contributed by atoms with Crippen molar-refractivity contribution in [2.75, 3.05) is 0 Å². The van der Waals surface area contributed by atoms with Gasteiger partial charge < -0.3 is 4.98 Å². The van der Waals surface area contributed by atoms with E-state index in [1.54, 1.807) is 0 Å². The van der Waals surface area contributed by atoms with Crippen molar-refractivity contribution in [3.63, 3.8) is 0 Å². The van der Waals surface area contributed by atoms with Gasteiger partial charge in [0.15, 0.2) is 0 Å². The zero-order valence-corrected chi connectivity index (χ0v) is 11.0. The average molecular weight is 289 g/mol. The number of benzene rings is 2. The Morgan fingerprint density at radius 1 is 0.905 bits per heavy atom. The molecule has 0 aliphatic heterocycles. The first-order valence-electron chi connectivity index (χ1n) is 6.24. The number of aromatic amines is 1.